The Kier molecular flexibility index (Phi) is 2.15. The van der Waals surface area contributed by atoms with Crippen LogP contribution in [0.4, 0.5) is 0 Å². The summed E-state index contributed by atoms with van der Waals surface area (Å²) in [5.41, 5.74) is 0.252. The normalized spacial score (nSPS) is 12.0. The highest BCUT2D eigenvalue weighted by molar-refractivity contribution is 7.85. The van der Waals surface area contributed by atoms with E-state index in [1.807, 2.05) is 0 Å². The molecule has 1 N–H and O–H groups in total. The summed E-state index contributed by atoms with van der Waals surface area (Å²) >= 11 is 5.63. The minimum atomic E-state index is -4.25. The number of rotatable bonds is 1. The number of nitrogens with zero attached hydrogens (tertiary/aromatic N) is 2. The number of hydrogen-bond donors (Lipinski definition) is 1. The van der Waals surface area contributed by atoms with Crippen LogP contribution < -0.4 is 0 Å². The van der Waals surface area contributed by atoms with Gasteiger partial charge in [-0.2, -0.15) is 13.5 Å². The number of hydrogen-bond acceptors (Lipinski definition) is 3. The van der Waals surface area contributed by atoms with Crippen LogP contribution in [0.1, 0.15) is 5.56 Å². The van der Waals surface area contributed by atoms with Crippen molar-refractivity contribution in [2.45, 2.75) is 11.9 Å². The third kappa shape index (κ3) is 1.45. The molecule has 0 aliphatic carbocycles. The third-order valence-electron chi connectivity index (χ3n) is 1.40. The molecule has 0 amide bonds. The maximum atomic E-state index is 10.6. The topological polar surface area (TPSA) is 72.2 Å². The van der Waals surface area contributed by atoms with Crippen molar-refractivity contribution in [3.05, 3.63) is 10.7 Å². The van der Waals surface area contributed by atoms with Crippen molar-refractivity contribution in [1.29, 1.82) is 0 Å². The highest BCUT2D eigenvalue weighted by Gasteiger charge is 2.20. The van der Waals surface area contributed by atoms with Crippen LogP contribution in [-0.4, -0.2) is 22.8 Å². The summed E-state index contributed by atoms with van der Waals surface area (Å²) in [6.45, 7) is 1.47. The van der Waals surface area contributed by atoms with Crippen LogP contribution in [0.5, 0.6) is 0 Å². The van der Waals surface area contributed by atoms with Crippen molar-refractivity contribution in [3.63, 3.8) is 0 Å². The van der Waals surface area contributed by atoms with Crippen molar-refractivity contribution >= 4 is 21.7 Å². The number of aryl methyl sites for hydroxylation is 1. The lowest BCUT2D eigenvalue weighted by atomic mass is 10.4. The van der Waals surface area contributed by atoms with E-state index < -0.39 is 15.1 Å². The third-order valence-corrected chi connectivity index (χ3v) is 2.80. The fourth-order valence-electron chi connectivity index (χ4n) is 0.831. The van der Waals surface area contributed by atoms with Crippen LogP contribution in [0.2, 0.25) is 5.15 Å². The number of halogens is 1. The Morgan fingerprint density at radius 1 is 1.58 bits per heavy atom. The second kappa shape index (κ2) is 2.72. The fraction of sp³-hybridized carbons (Fsp3) is 0.400. The van der Waals surface area contributed by atoms with Gasteiger partial charge in [-0.05, 0) is 6.92 Å². The molecule has 0 spiro atoms. The van der Waals surface area contributed by atoms with Crippen LogP contribution in [-0.2, 0) is 17.2 Å². The molecule has 0 bridgehead atoms. The van der Waals surface area contributed by atoms with Crippen molar-refractivity contribution in [2.24, 2.45) is 7.05 Å². The molecule has 0 atom stereocenters. The van der Waals surface area contributed by atoms with E-state index in [9.17, 15) is 8.42 Å². The second-order valence-corrected chi connectivity index (χ2v) is 4.01. The highest BCUT2D eigenvalue weighted by Crippen LogP contribution is 2.20. The zero-order valence-corrected chi connectivity index (χ0v) is 8.02. The van der Waals surface area contributed by atoms with Crippen LogP contribution in [0.15, 0.2) is 5.03 Å². The first kappa shape index (κ1) is 9.50. The molecule has 0 saturated heterocycles. The highest BCUT2D eigenvalue weighted by atomic mass is 35.5. The average Bonchev–Trinajstić information content (AvgIpc) is 2.15. The molecule has 1 heterocycles. The molecule has 1 aromatic rings. The molecule has 5 nitrogen and oxygen atoms in total. The molecular formula is C5H7ClN2O3S. The van der Waals surface area contributed by atoms with E-state index in [4.69, 9.17) is 16.2 Å². The Balaban J connectivity index is 3.48. The summed E-state index contributed by atoms with van der Waals surface area (Å²) in [7, 11) is -2.76. The monoisotopic (exact) mass is 210 g/mol. The van der Waals surface area contributed by atoms with Gasteiger partial charge in [-0.25, -0.2) is 0 Å². The minimum Gasteiger partial charge on any atom is -0.281 e. The van der Waals surface area contributed by atoms with Gasteiger partial charge in [-0.15, -0.1) is 0 Å². The van der Waals surface area contributed by atoms with Crippen LogP contribution in [0, 0.1) is 6.92 Å². The van der Waals surface area contributed by atoms with Gasteiger partial charge in [0, 0.05) is 12.6 Å². The Labute approximate surface area is 74.7 Å². The Bertz CT molecular complexity index is 409. The van der Waals surface area contributed by atoms with Gasteiger partial charge in [0.2, 0.25) is 5.03 Å². The summed E-state index contributed by atoms with van der Waals surface area (Å²) in [4.78, 5) is 0. The largest absolute Gasteiger partial charge is 0.314 e. The molecule has 7 heteroatoms. The van der Waals surface area contributed by atoms with E-state index in [1.54, 1.807) is 0 Å². The molecule has 0 radical (unpaired) electrons. The van der Waals surface area contributed by atoms with E-state index in [1.165, 1.54) is 18.7 Å². The molecule has 0 aromatic carbocycles. The van der Waals surface area contributed by atoms with Gasteiger partial charge in [0.25, 0.3) is 0 Å². The van der Waals surface area contributed by atoms with Crippen LogP contribution in [0.3, 0.4) is 0 Å². The standard InChI is InChI=1S/C5H7ClN2O3S/c1-3-4(6)8(2)7-5(3)12(9,10)11/h1-2H3,(H,9,10,11). The summed E-state index contributed by atoms with van der Waals surface area (Å²) in [5.74, 6) is 0. The second-order valence-electron chi connectivity index (χ2n) is 2.32. The van der Waals surface area contributed by atoms with Gasteiger partial charge >= 0.3 is 10.1 Å². The van der Waals surface area contributed by atoms with E-state index in [0.29, 0.717) is 0 Å². The van der Waals surface area contributed by atoms with Crippen LogP contribution >= 0.6 is 11.6 Å². The van der Waals surface area contributed by atoms with E-state index in [0.717, 1.165) is 0 Å². The maximum Gasteiger partial charge on any atom is 0.314 e. The zero-order valence-electron chi connectivity index (χ0n) is 6.44. The molecule has 0 saturated carbocycles. The molecule has 0 aliphatic heterocycles. The van der Waals surface area contributed by atoms with Gasteiger partial charge in [-0.1, -0.05) is 11.6 Å². The first-order valence-electron chi connectivity index (χ1n) is 3.00. The van der Waals surface area contributed by atoms with Crippen molar-refractivity contribution in [1.82, 2.24) is 9.78 Å². The first-order valence-corrected chi connectivity index (χ1v) is 4.82. The maximum absolute atomic E-state index is 10.6. The molecule has 0 aliphatic rings. The predicted octanol–water partition coefficient (Wildman–Crippen LogP) is 0.629. The SMILES string of the molecule is Cc1c(S(=O)(=O)O)nn(C)c1Cl. The van der Waals surface area contributed by atoms with E-state index >= 15 is 0 Å². The van der Waals surface area contributed by atoms with Gasteiger partial charge in [0.1, 0.15) is 5.15 Å². The molecule has 12 heavy (non-hydrogen) atoms. The smallest absolute Gasteiger partial charge is 0.281 e. The summed E-state index contributed by atoms with van der Waals surface area (Å²) in [6.07, 6.45) is 0. The lowest BCUT2D eigenvalue weighted by Gasteiger charge is -1.89. The lowest BCUT2D eigenvalue weighted by Crippen LogP contribution is -2.01. The van der Waals surface area contributed by atoms with E-state index in [2.05, 4.69) is 5.10 Å². The van der Waals surface area contributed by atoms with Crippen molar-refractivity contribution in [2.75, 3.05) is 0 Å². The average molecular weight is 211 g/mol. The number of aromatic nitrogens is 2. The summed E-state index contributed by atoms with van der Waals surface area (Å²) in [6, 6.07) is 0. The molecular weight excluding hydrogens is 204 g/mol. The Hall–Kier alpha value is -0.590. The predicted molar refractivity (Wildman–Crippen MR) is 42.8 cm³/mol. The summed E-state index contributed by atoms with van der Waals surface area (Å²) in [5, 5.41) is 3.33. The fourth-order valence-corrected chi connectivity index (χ4v) is 1.72. The Morgan fingerprint density at radius 2 is 2.08 bits per heavy atom. The Morgan fingerprint density at radius 3 is 2.25 bits per heavy atom. The van der Waals surface area contributed by atoms with Crippen LogP contribution in [0.25, 0.3) is 0 Å². The van der Waals surface area contributed by atoms with Crippen molar-refractivity contribution < 1.29 is 13.0 Å². The molecule has 1 rings (SSSR count). The van der Waals surface area contributed by atoms with Gasteiger partial charge in [0.05, 0.1) is 0 Å². The van der Waals surface area contributed by atoms with Crippen molar-refractivity contribution in [3.8, 4) is 0 Å². The van der Waals surface area contributed by atoms with E-state index in [-0.39, 0.29) is 10.7 Å². The molecule has 68 valence electrons. The zero-order chi connectivity index (χ0) is 9.52. The van der Waals surface area contributed by atoms with Gasteiger partial charge in [-0.3, -0.25) is 9.23 Å². The molecule has 0 unspecified atom stereocenters. The van der Waals surface area contributed by atoms with Gasteiger partial charge in [0.15, 0.2) is 0 Å². The molecule has 0 fully saturated rings. The first-order chi connectivity index (χ1) is 5.34. The lowest BCUT2D eigenvalue weighted by molar-refractivity contribution is 0.476. The molecule has 1 aromatic heterocycles. The van der Waals surface area contributed by atoms with Gasteiger partial charge < -0.3 is 0 Å². The summed E-state index contributed by atoms with van der Waals surface area (Å²) < 4.78 is 31.1. The quantitative estimate of drug-likeness (QED) is 0.690. The minimum absolute atomic E-state index is 0.197.